The van der Waals surface area contributed by atoms with Crippen LogP contribution in [0.15, 0.2) is 0 Å². The lowest BCUT2D eigenvalue weighted by Crippen LogP contribution is -2.26. The quantitative estimate of drug-likeness (QED) is 0.802. The molecule has 1 aromatic heterocycles. The van der Waals surface area contributed by atoms with Crippen LogP contribution in [0.1, 0.15) is 68.8 Å². The molecule has 2 rings (SSSR count). The minimum atomic E-state index is -0.316. The molecule has 24 heavy (non-hydrogen) atoms. The molecule has 0 aliphatic heterocycles. The number of thiophene rings is 1. The van der Waals surface area contributed by atoms with E-state index in [-0.39, 0.29) is 23.2 Å². The number of esters is 1. The lowest BCUT2D eigenvalue weighted by atomic mass is 9.72. The van der Waals surface area contributed by atoms with Crippen molar-refractivity contribution in [1.82, 2.24) is 0 Å². The second-order valence-electron chi connectivity index (χ2n) is 7.88. The summed E-state index contributed by atoms with van der Waals surface area (Å²) in [5, 5.41) is 3.60. The van der Waals surface area contributed by atoms with Gasteiger partial charge in [-0.05, 0) is 43.1 Å². The predicted octanol–water partition coefficient (Wildman–Crippen LogP) is 4.67. The Morgan fingerprint density at radius 2 is 2.00 bits per heavy atom. The fourth-order valence-corrected chi connectivity index (χ4v) is 4.41. The summed E-state index contributed by atoms with van der Waals surface area (Å²) >= 11 is 1.55. The topological polar surface area (TPSA) is 55.4 Å². The molecule has 0 saturated heterocycles. The van der Waals surface area contributed by atoms with E-state index in [0.29, 0.717) is 23.1 Å². The van der Waals surface area contributed by atoms with Crippen molar-refractivity contribution in [3.05, 3.63) is 16.0 Å². The number of ether oxygens (including phenoxy) is 1. The first kappa shape index (κ1) is 19.0. The summed E-state index contributed by atoms with van der Waals surface area (Å²) in [6.07, 6.45) is 2.91. The molecule has 134 valence electrons. The fourth-order valence-electron chi connectivity index (χ4n) is 3.09. The van der Waals surface area contributed by atoms with Gasteiger partial charge in [0, 0.05) is 10.8 Å². The lowest BCUT2D eigenvalue weighted by Gasteiger charge is -2.33. The number of rotatable bonds is 4. The van der Waals surface area contributed by atoms with Gasteiger partial charge < -0.3 is 10.1 Å². The molecule has 1 aromatic rings. The van der Waals surface area contributed by atoms with Crippen molar-refractivity contribution in [3.8, 4) is 0 Å². The van der Waals surface area contributed by atoms with Gasteiger partial charge in [-0.2, -0.15) is 0 Å². The molecule has 0 saturated carbocycles. The van der Waals surface area contributed by atoms with E-state index in [9.17, 15) is 9.59 Å². The van der Waals surface area contributed by atoms with Crippen molar-refractivity contribution in [3.63, 3.8) is 0 Å². The van der Waals surface area contributed by atoms with Crippen LogP contribution in [0.25, 0.3) is 0 Å². The Labute approximate surface area is 149 Å². The van der Waals surface area contributed by atoms with Gasteiger partial charge in [0.05, 0.1) is 12.2 Å². The number of carbonyl (C=O) groups excluding carboxylic acids is 2. The highest BCUT2D eigenvalue weighted by Gasteiger charge is 2.34. The molecule has 1 aliphatic rings. The van der Waals surface area contributed by atoms with Gasteiger partial charge in [-0.1, -0.05) is 34.6 Å². The molecular weight excluding hydrogens is 322 g/mol. The third-order valence-corrected chi connectivity index (χ3v) is 5.90. The summed E-state index contributed by atoms with van der Waals surface area (Å²) in [4.78, 5) is 25.8. The van der Waals surface area contributed by atoms with Crippen LogP contribution in [0.3, 0.4) is 0 Å². The molecule has 1 aliphatic carbocycles. The number of amides is 1. The van der Waals surface area contributed by atoms with Crippen molar-refractivity contribution >= 4 is 28.2 Å². The first-order valence-electron chi connectivity index (χ1n) is 8.77. The van der Waals surface area contributed by atoms with Crippen molar-refractivity contribution in [2.45, 2.75) is 60.8 Å². The molecule has 1 amide bonds. The number of anilines is 1. The van der Waals surface area contributed by atoms with Crippen molar-refractivity contribution < 1.29 is 14.3 Å². The average molecular weight is 352 g/mol. The number of hydrogen-bond acceptors (Lipinski definition) is 4. The number of carbonyl (C=O) groups is 2. The molecule has 0 bridgehead atoms. The summed E-state index contributed by atoms with van der Waals surface area (Å²) in [5.41, 5.74) is 1.91. The maximum atomic E-state index is 12.5. The molecule has 0 fully saturated rings. The highest BCUT2D eigenvalue weighted by molar-refractivity contribution is 7.17. The van der Waals surface area contributed by atoms with E-state index in [1.807, 2.05) is 13.8 Å². The zero-order chi connectivity index (χ0) is 18.1. The summed E-state index contributed by atoms with van der Waals surface area (Å²) in [6.45, 7) is 12.6. The number of nitrogens with one attached hydrogen (secondary N) is 1. The third-order valence-electron chi connectivity index (χ3n) is 4.73. The summed E-state index contributed by atoms with van der Waals surface area (Å²) in [5.74, 6) is 0.0867. The van der Waals surface area contributed by atoms with Crippen molar-refractivity contribution in [2.24, 2.45) is 17.3 Å². The van der Waals surface area contributed by atoms with Crippen LogP contribution in [-0.4, -0.2) is 18.5 Å². The molecule has 4 nitrogen and oxygen atoms in total. The smallest absolute Gasteiger partial charge is 0.341 e. The zero-order valence-corrected chi connectivity index (χ0v) is 16.4. The average Bonchev–Trinajstić information content (AvgIpc) is 2.83. The van der Waals surface area contributed by atoms with Crippen LogP contribution < -0.4 is 5.32 Å². The highest BCUT2D eigenvalue weighted by atomic mass is 32.1. The number of fused-ring (bicyclic) bond motifs is 1. The van der Waals surface area contributed by atoms with E-state index in [0.717, 1.165) is 24.8 Å². The van der Waals surface area contributed by atoms with Gasteiger partial charge in [-0.25, -0.2) is 4.79 Å². The summed E-state index contributed by atoms with van der Waals surface area (Å²) < 4.78 is 5.25. The van der Waals surface area contributed by atoms with Gasteiger partial charge in [-0.15, -0.1) is 11.3 Å². The van der Waals surface area contributed by atoms with Gasteiger partial charge in [-0.3, -0.25) is 4.79 Å². The van der Waals surface area contributed by atoms with E-state index >= 15 is 0 Å². The lowest BCUT2D eigenvalue weighted by molar-refractivity contribution is -0.118. The molecule has 0 spiro atoms. The Kier molecular flexibility index (Phi) is 5.74. The third kappa shape index (κ3) is 4.00. The van der Waals surface area contributed by atoms with Gasteiger partial charge in [0.2, 0.25) is 5.91 Å². The molecule has 1 unspecified atom stereocenters. The highest BCUT2D eigenvalue weighted by Crippen LogP contribution is 2.44. The Morgan fingerprint density at radius 3 is 2.54 bits per heavy atom. The molecule has 5 heteroatoms. The van der Waals surface area contributed by atoms with Gasteiger partial charge in [0.25, 0.3) is 0 Å². The van der Waals surface area contributed by atoms with Crippen LogP contribution in [0.4, 0.5) is 5.00 Å². The summed E-state index contributed by atoms with van der Waals surface area (Å²) in [7, 11) is 0. The van der Waals surface area contributed by atoms with Crippen LogP contribution in [-0.2, 0) is 22.4 Å². The zero-order valence-electron chi connectivity index (χ0n) is 15.6. The molecule has 1 heterocycles. The SMILES string of the molecule is CCOC(=O)c1c(NC(=O)C(C)C)sc2c1CCC(C(C)(C)C)C2. The minimum absolute atomic E-state index is 0.0634. The first-order valence-corrected chi connectivity index (χ1v) is 9.59. The monoisotopic (exact) mass is 351 g/mol. The van der Waals surface area contributed by atoms with E-state index in [2.05, 4.69) is 26.1 Å². The maximum Gasteiger partial charge on any atom is 0.341 e. The van der Waals surface area contributed by atoms with Crippen LogP contribution in [0, 0.1) is 17.3 Å². The largest absolute Gasteiger partial charge is 0.462 e. The van der Waals surface area contributed by atoms with E-state index in [4.69, 9.17) is 4.74 Å². The molecule has 1 atom stereocenters. The van der Waals surface area contributed by atoms with Crippen molar-refractivity contribution in [2.75, 3.05) is 11.9 Å². The van der Waals surface area contributed by atoms with Gasteiger partial charge in [0.1, 0.15) is 5.00 Å². The second kappa shape index (κ2) is 7.26. The van der Waals surface area contributed by atoms with E-state index < -0.39 is 0 Å². The maximum absolute atomic E-state index is 12.5. The standard InChI is InChI=1S/C19H29NO3S/c1-7-23-18(22)15-13-9-8-12(19(4,5)6)10-14(13)24-17(15)20-16(21)11(2)3/h11-12H,7-10H2,1-6H3,(H,20,21). The second-order valence-corrected chi connectivity index (χ2v) is 8.98. The normalized spacial score (nSPS) is 17.5. The molecule has 0 aromatic carbocycles. The van der Waals surface area contributed by atoms with Crippen LogP contribution >= 0.6 is 11.3 Å². The Bertz CT molecular complexity index is 625. The fraction of sp³-hybridized carbons (Fsp3) is 0.684. The molecule has 1 N–H and O–H groups in total. The molecular formula is C19H29NO3S. The Hall–Kier alpha value is -1.36. The summed E-state index contributed by atoms with van der Waals surface area (Å²) in [6, 6.07) is 0. The first-order chi connectivity index (χ1) is 11.1. The van der Waals surface area contributed by atoms with Crippen LogP contribution in [0.2, 0.25) is 0 Å². The predicted molar refractivity (Wildman–Crippen MR) is 98.7 cm³/mol. The van der Waals surface area contributed by atoms with Gasteiger partial charge >= 0.3 is 5.97 Å². The van der Waals surface area contributed by atoms with E-state index in [1.165, 1.54) is 4.88 Å². The van der Waals surface area contributed by atoms with E-state index in [1.54, 1.807) is 18.3 Å². The number of hydrogen-bond donors (Lipinski definition) is 1. The Balaban J connectivity index is 2.39. The van der Waals surface area contributed by atoms with Gasteiger partial charge in [0.15, 0.2) is 0 Å². The molecule has 0 radical (unpaired) electrons. The Morgan fingerprint density at radius 1 is 1.33 bits per heavy atom. The van der Waals surface area contributed by atoms with Crippen LogP contribution in [0.5, 0.6) is 0 Å². The van der Waals surface area contributed by atoms with Crippen molar-refractivity contribution in [1.29, 1.82) is 0 Å². The minimum Gasteiger partial charge on any atom is -0.462 e.